The van der Waals surface area contributed by atoms with E-state index in [1.54, 1.807) is 11.3 Å². The van der Waals surface area contributed by atoms with Crippen molar-refractivity contribution in [2.45, 2.75) is 26.9 Å². The van der Waals surface area contributed by atoms with Crippen LogP contribution in [0.2, 0.25) is 0 Å². The second-order valence-corrected chi connectivity index (χ2v) is 6.51. The second-order valence-electron chi connectivity index (χ2n) is 4.31. The molecule has 0 aliphatic heterocycles. The summed E-state index contributed by atoms with van der Waals surface area (Å²) in [7, 11) is 0. The fraction of sp³-hybridized carbons (Fsp3) is 0.286. The summed E-state index contributed by atoms with van der Waals surface area (Å²) in [4.78, 5) is 2.29. The summed E-state index contributed by atoms with van der Waals surface area (Å²) in [5, 5.41) is 10.5. The highest BCUT2D eigenvalue weighted by atomic mass is 79.9. The maximum Gasteiger partial charge on any atom is 0.114 e. The van der Waals surface area contributed by atoms with Gasteiger partial charge in [-0.15, -0.1) is 11.3 Å². The first kappa shape index (κ1) is 12.8. The molecule has 0 saturated carbocycles. The highest BCUT2D eigenvalue weighted by Gasteiger charge is 2.17. The van der Waals surface area contributed by atoms with E-state index in [2.05, 4.69) is 35.8 Å². The van der Waals surface area contributed by atoms with Crippen LogP contribution in [0.15, 0.2) is 28.7 Å². The zero-order chi connectivity index (χ0) is 12.6. The van der Waals surface area contributed by atoms with Crippen molar-refractivity contribution < 1.29 is 5.11 Å². The summed E-state index contributed by atoms with van der Waals surface area (Å²) >= 11 is 5.11. The van der Waals surface area contributed by atoms with E-state index in [4.69, 9.17) is 0 Å². The van der Waals surface area contributed by atoms with Gasteiger partial charge >= 0.3 is 0 Å². The molecule has 0 bridgehead atoms. The van der Waals surface area contributed by atoms with Crippen molar-refractivity contribution in [3.63, 3.8) is 0 Å². The molecule has 0 spiro atoms. The molecule has 1 heterocycles. The predicted octanol–water partition coefficient (Wildman–Crippen LogP) is 4.52. The minimum absolute atomic E-state index is 0.512. The van der Waals surface area contributed by atoms with Crippen molar-refractivity contribution in [3.05, 3.63) is 55.2 Å². The molecule has 2 rings (SSSR count). The SMILES string of the molecule is Cc1cc(C)c(C(O)c2ccc(Br)cc2C)s1. The van der Waals surface area contributed by atoms with Gasteiger partial charge in [0, 0.05) is 14.2 Å². The minimum atomic E-state index is -0.512. The van der Waals surface area contributed by atoms with Crippen LogP contribution in [0.4, 0.5) is 0 Å². The fourth-order valence-electron chi connectivity index (χ4n) is 2.02. The molecule has 0 amide bonds. The lowest BCUT2D eigenvalue weighted by molar-refractivity contribution is 0.222. The van der Waals surface area contributed by atoms with Gasteiger partial charge in [-0.25, -0.2) is 0 Å². The van der Waals surface area contributed by atoms with Crippen molar-refractivity contribution in [1.82, 2.24) is 0 Å². The lowest BCUT2D eigenvalue weighted by Crippen LogP contribution is -2.01. The Hall–Kier alpha value is -0.640. The Morgan fingerprint density at radius 1 is 1.12 bits per heavy atom. The molecule has 17 heavy (non-hydrogen) atoms. The van der Waals surface area contributed by atoms with E-state index in [9.17, 15) is 5.11 Å². The first-order valence-corrected chi connectivity index (χ1v) is 7.11. The van der Waals surface area contributed by atoms with Gasteiger partial charge in [-0.05, 0) is 55.7 Å². The molecule has 90 valence electrons. The number of aliphatic hydroxyl groups excluding tert-OH is 1. The normalized spacial score (nSPS) is 12.8. The van der Waals surface area contributed by atoms with Gasteiger partial charge in [0.05, 0.1) is 0 Å². The van der Waals surface area contributed by atoms with Gasteiger partial charge in [0.15, 0.2) is 0 Å². The highest BCUT2D eigenvalue weighted by Crippen LogP contribution is 2.33. The number of benzene rings is 1. The van der Waals surface area contributed by atoms with Crippen molar-refractivity contribution in [1.29, 1.82) is 0 Å². The average molecular weight is 311 g/mol. The van der Waals surface area contributed by atoms with Crippen LogP contribution in [0.5, 0.6) is 0 Å². The lowest BCUT2D eigenvalue weighted by Gasteiger charge is -2.13. The molecule has 0 aliphatic carbocycles. The van der Waals surface area contributed by atoms with Gasteiger partial charge in [-0.3, -0.25) is 0 Å². The third kappa shape index (κ3) is 2.62. The summed E-state index contributed by atoms with van der Waals surface area (Å²) in [6, 6.07) is 8.12. The van der Waals surface area contributed by atoms with Crippen molar-refractivity contribution >= 4 is 27.3 Å². The zero-order valence-electron chi connectivity index (χ0n) is 10.1. The topological polar surface area (TPSA) is 20.2 Å². The summed E-state index contributed by atoms with van der Waals surface area (Å²) in [6.45, 7) is 6.15. The van der Waals surface area contributed by atoms with Gasteiger partial charge in [0.25, 0.3) is 0 Å². The largest absolute Gasteiger partial charge is 0.383 e. The Labute approximate surface area is 114 Å². The molecule has 1 N–H and O–H groups in total. The average Bonchev–Trinajstić information content (AvgIpc) is 2.57. The first-order chi connectivity index (χ1) is 7.99. The second kappa shape index (κ2) is 4.92. The van der Waals surface area contributed by atoms with E-state index in [-0.39, 0.29) is 0 Å². The molecular formula is C14H15BrOS. The van der Waals surface area contributed by atoms with Crippen LogP contribution < -0.4 is 0 Å². The molecule has 1 aromatic heterocycles. The number of thiophene rings is 1. The fourth-order valence-corrected chi connectivity index (χ4v) is 3.53. The number of halogens is 1. The van der Waals surface area contributed by atoms with Crippen LogP contribution in [0, 0.1) is 20.8 Å². The maximum atomic E-state index is 10.5. The number of rotatable bonds is 2. The summed E-state index contributed by atoms with van der Waals surface area (Å²) in [6.07, 6.45) is -0.512. The van der Waals surface area contributed by atoms with Crippen molar-refractivity contribution in [2.75, 3.05) is 0 Å². The maximum absolute atomic E-state index is 10.5. The van der Waals surface area contributed by atoms with E-state index in [1.807, 2.05) is 25.1 Å². The van der Waals surface area contributed by atoms with Crippen LogP contribution in [-0.2, 0) is 0 Å². The molecule has 3 heteroatoms. The Bertz CT molecular complexity index is 545. The molecule has 0 aliphatic rings. The Kier molecular flexibility index (Phi) is 3.71. The summed E-state index contributed by atoms with van der Waals surface area (Å²) in [5.41, 5.74) is 3.26. The van der Waals surface area contributed by atoms with Gasteiger partial charge < -0.3 is 5.11 Å². The van der Waals surface area contributed by atoms with Crippen LogP contribution in [-0.4, -0.2) is 5.11 Å². The molecular weight excluding hydrogens is 296 g/mol. The summed E-state index contributed by atoms with van der Waals surface area (Å²) < 4.78 is 1.05. The first-order valence-electron chi connectivity index (χ1n) is 5.50. The van der Waals surface area contributed by atoms with E-state index in [0.717, 1.165) is 20.5 Å². The number of aryl methyl sites for hydroxylation is 3. The van der Waals surface area contributed by atoms with Crippen molar-refractivity contribution in [2.24, 2.45) is 0 Å². The third-order valence-electron chi connectivity index (χ3n) is 2.85. The molecule has 2 aromatic rings. The van der Waals surface area contributed by atoms with Gasteiger partial charge in [0.2, 0.25) is 0 Å². The highest BCUT2D eigenvalue weighted by molar-refractivity contribution is 9.10. The van der Waals surface area contributed by atoms with Crippen LogP contribution >= 0.6 is 27.3 Å². The Morgan fingerprint density at radius 3 is 2.35 bits per heavy atom. The van der Waals surface area contributed by atoms with E-state index in [1.165, 1.54) is 10.4 Å². The van der Waals surface area contributed by atoms with Gasteiger partial charge in [-0.1, -0.05) is 22.0 Å². The molecule has 1 atom stereocenters. The molecule has 0 radical (unpaired) electrons. The quantitative estimate of drug-likeness (QED) is 0.864. The monoisotopic (exact) mass is 310 g/mol. The predicted molar refractivity (Wildman–Crippen MR) is 76.7 cm³/mol. The van der Waals surface area contributed by atoms with Crippen molar-refractivity contribution in [3.8, 4) is 0 Å². The lowest BCUT2D eigenvalue weighted by atomic mass is 10.0. The minimum Gasteiger partial charge on any atom is -0.383 e. The molecule has 1 aromatic carbocycles. The van der Waals surface area contributed by atoms with Crippen LogP contribution in [0.1, 0.15) is 32.5 Å². The third-order valence-corrected chi connectivity index (χ3v) is 4.55. The smallest absolute Gasteiger partial charge is 0.114 e. The standard InChI is InChI=1S/C14H15BrOS/c1-8-7-11(15)4-5-12(8)13(16)14-9(2)6-10(3)17-14/h4-7,13,16H,1-3H3. The van der Waals surface area contributed by atoms with E-state index >= 15 is 0 Å². The molecule has 0 fully saturated rings. The Balaban J connectivity index is 2.43. The zero-order valence-corrected chi connectivity index (χ0v) is 12.5. The van der Waals surface area contributed by atoms with Crippen LogP contribution in [0.3, 0.4) is 0 Å². The van der Waals surface area contributed by atoms with E-state index < -0.39 is 6.10 Å². The molecule has 1 nitrogen and oxygen atoms in total. The van der Waals surface area contributed by atoms with Crippen LogP contribution in [0.25, 0.3) is 0 Å². The number of aliphatic hydroxyl groups is 1. The Morgan fingerprint density at radius 2 is 1.82 bits per heavy atom. The van der Waals surface area contributed by atoms with E-state index in [0.29, 0.717) is 0 Å². The van der Waals surface area contributed by atoms with Gasteiger partial charge in [0.1, 0.15) is 6.10 Å². The number of hydrogen-bond acceptors (Lipinski definition) is 2. The molecule has 0 saturated heterocycles. The van der Waals surface area contributed by atoms with Gasteiger partial charge in [-0.2, -0.15) is 0 Å². The number of hydrogen-bond donors (Lipinski definition) is 1. The molecule has 1 unspecified atom stereocenters. The summed E-state index contributed by atoms with van der Waals surface area (Å²) in [5.74, 6) is 0.